The molecule has 0 radical (unpaired) electrons. The zero-order valence-corrected chi connectivity index (χ0v) is 17.1. The summed E-state index contributed by atoms with van der Waals surface area (Å²) >= 11 is 12.4. The lowest BCUT2D eigenvalue weighted by atomic mass is 9.74. The van der Waals surface area contributed by atoms with E-state index in [-0.39, 0.29) is 17.3 Å². The topological polar surface area (TPSA) is 49.9 Å². The summed E-state index contributed by atoms with van der Waals surface area (Å²) in [4.78, 5) is 0. The molecule has 0 aliphatic carbocycles. The summed E-state index contributed by atoms with van der Waals surface area (Å²) in [5.41, 5.74) is 2.73. The fourth-order valence-electron chi connectivity index (χ4n) is 4.00. The number of rotatable bonds is 5. The summed E-state index contributed by atoms with van der Waals surface area (Å²) in [6.07, 6.45) is 1.67. The SMILES string of the molecule is C[C@H](OCC1(c2ccc(F)cc2)CCNCC1)c1cc(Cl)cc2c(Cl)n[nH]c12. The fraction of sp³-hybridized carbons (Fsp3) is 0.381. The van der Waals surface area contributed by atoms with Crippen LogP contribution in [0.4, 0.5) is 4.39 Å². The Hall–Kier alpha value is -1.66. The maximum Gasteiger partial charge on any atom is 0.158 e. The molecular formula is C21H22Cl2FN3O. The third-order valence-electron chi connectivity index (χ3n) is 5.69. The van der Waals surface area contributed by atoms with Gasteiger partial charge in [-0.05, 0) is 62.7 Å². The minimum absolute atomic E-state index is 0.142. The maximum absolute atomic E-state index is 13.4. The van der Waals surface area contributed by atoms with E-state index in [0.717, 1.165) is 48.0 Å². The van der Waals surface area contributed by atoms with E-state index in [1.54, 1.807) is 6.07 Å². The second-order valence-electron chi connectivity index (χ2n) is 7.42. The number of halogens is 3. The number of hydrogen-bond donors (Lipinski definition) is 2. The van der Waals surface area contributed by atoms with E-state index in [9.17, 15) is 4.39 Å². The highest BCUT2D eigenvalue weighted by Crippen LogP contribution is 2.37. The second kappa shape index (κ2) is 7.99. The van der Waals surface area contributed by atoms with Crippen molar-refractivity contribution in [1.82, 2.24) is 15.5 Å². The third kappa shape index (κ3) is 3.77. The van der Waals surface area contributed by atoms with Gasteiger partial charge in [-0.1, -0.05) is 35.3 Å². The first-order chi connectivity index (χ1) is 13.5. The van der Waals surface area contributed by atoms with Gasteiger partial charge in [-0.25, -0.2) is 4.39 Å². The van der Waals surface area contributed by atoms with Crippen LogP contribution in [0.25, 0.3) is 10.9 Å². The fourth-order valence-corrected chi connectivity index (χ4v) is 4.42. The molecule has 0 amide bonds. The van der Waals surface area contributed by atoms with E-state index in [0.29, 0.717) is 16.8 Å². The smallest absolute Gasteiger partial charge is 0.158 e. The highest BCUT2D eigenvalue weighted by molar-refractivity contribution is 6.36. The average molecular weight is 422 g/mol. The van der Waals surface area contributed by atoms with Crippen molar-refractivity contribution in [3.63, 3.8) is 0 Å². The van der Waals surface area contributed by atoms with E-state index in [2.05, 4.69) is 15.5 Å². The Morgan fingerprint density at radius 2 is 1.89 bits per heavy atom. The van der Waals surface area contributed by atoms with Gasteiger partial charge >= 0.3 is 0 Å². The van der Waals surface area contributed by atoms with Gasteiger partial charge < -0.3 is 10.1 Å². The lowest BCUT2D eigenvalue weighted by Gasteiger charge is -2.38. The molecule has 2 aromatic carbocycles. The van der Waals surface area contributed by atoms with Crippen molar-refractivity contribution >= 4 is 34.1 Å². The molecule has 1 aromatic heterocycles. The van der Waals surface area contributed by atoms with Crippen molar-refractivity contribution in [2.75, 3.05) is 19.7 Å². The number of hydrogen-bond acceptors (Lipinski definition) is 3. The van der Waals surface area contributed by atoms with Gasteiger partial charge in [0.15, 0.2) is 5.15 Å². The number of aromatic amines is 1. The Labute approximate surface area is 173 Å². The molecule has 4 rings (SSSR count). The van der Waals surface area contributed by atoms with Gasteiger partial charge in [0.05, 0.1) is 18.2 Å². The quantitative estimate of drug-likeness (QED) is 0.578. The van der Waals surface area contributed by atoms with Crippen LogP contribution in [0.15, 0.2) is 36.4 Å². The zero-order valence-electron chi connectivity index (χ0n) is 15.6. The molecule has 28 heavy (non-hydrogen) atoms. The number of H-pyrrole nitrogens is 1. The molecule has 1 atom stereocenters. The molecule has 0 saturated carbocycles. The van der Waals surface area contributed by atoms with Gasteiger partial charge in [0, 0.05) is 21.4 Å². The van der Waals surface area contributed by atoms with E-state index < -0.39 is 0 Å². The Bertz CT molecular complexity index is 968. The number of aromatic nitrogens is 2. The molecule has 2 heterocycles. The summed E-state index contributed by atoms with van der Waals surface area (Å²) in [5, 5.41) is 12.2. The summed E-state index contributed by atoms with van der Waals surface area (Å²) < 4.78 is 19.8. The molecule has 0 unspecified atom stereocenters. The molecule has 0 spiro atoms. The number of fused-ring (bicyclic) bond motifs is 1. The summed E-state index contributed by atoms with van der Waals surface area (Å²) in [6.45, 7) is 4.36. The van der Waals surface area contributed by atoms with Crippen LogP contribution < -0.4 is 5.32 Å². The van der Waals surface area contributed by atoms with E-state index >= 15 is 0 Å². The predicted molar refractivity (Wildman–Crippen MR) is 111 cm³/mol. The second-order valence-corrected chi connectivity index (χ2v) is 8.22. The van der Waals surface area contributed by atoms with Gasteiger partial charge in [-0.15, -0.1) is 0 Å². The van der Waals surface area contributed by atoms with Crippen LogP contribution in [-0.4, -0.2) is 29.9 Å². The van der Waals surface area contributed by atoms with Gasteiger partial charge in [0.1, 0.15) is 5.82 Å². The highest BCUT2D eigenvalue weighted by Gasteiger charge is 2.35. The first-order valence-corrected chi connectivity index (χ1v) is 10.2. The van der Waals surface area contributed by atoms with Crippen molar-refractivity contribution in [3.8, 4) is 0 Å². The van der Waals surface area contributed by atoms with Crippen molar-refractivity contribution in [3.05, 3.63) is 63.5 Å². The lowest BCUT2D eigenvalue weighted by molar-refractivity contribution is 0.0172. The van der Waals surface area contributed by atoms with E-state index in [1.807, 2.05) is 25.1 Å². The number of nitrogens with zero attached hydrogens (tertiary/aromatic N) is 1. The number of piperidine rings is 1. The highest BCUT2D eigenvalue weighted by atomic mass is 35.5. The van der Waals surface area contributed by atoms with Crippen LogP contribution in [0.3, 0.4) is 0 Å². The average Bonchev–Trinajstić information content (AvgIpc) is 3.07. The molecule has 4 nitrogen and oxygen atoms in total. The summed E-state index contributed by atoms with van der Waals surface area (Å²) in [5.74, 6) is -0.223. The molecule has 148 valence electrons. The van der Waals surface area contributed by atoms with Gasteiger partial charge in [-0.3, -0.25) is 5.10 Å². The standard InChI is InChI=1S/C21H22Cl2FN3O/c1-13(17-10-15(22)11-18-19(17)26-27-20(18)23)28-12-21(6-8-25-9-7-21)14-2-4-16(24)5-3-14/h2-5,10-11,13,25H,6-9,12H2,1H3,(H,26,27)/t13-/m0/s1. The molecule has 3 aromatic rings. The van der Waals surface area contributed by atoms with Crippen LogP contribution in [0.2, 0.25) is 10.2 Å². The van der Waals surface area contributed by atoms with Gasteiger partial charge in [-0.2, -0.15) is 5.10 Å². The maximum atomic E-state index is 13.4. The van der Waals surface area contributed by atoms with Crippen LogP contribution in [0, 0.1) is 5.82 Å². The Kier molecular flexibility index (Phi) is 5.61. The molecule has 7 heteroatoms. The third-order valence-corrected chi connectivity index (χ3v) is 6.19. The molecule has 2 N–H and O–H groups in total. The Morgan fingerprint density at radius 3 is 2.61 bits per heavy atom. The van der Waals surface area contributed by atoms with Crippen LogP contribution in [0.5, 0.6) is 0 Å². The van der Waals surface area contributed by atoms with Crippen molar-refractivity contribution in [1.29, 1.82) is 0 Å². The molecule has 1 saturated heterocycles. The largest absolute Gasteiger partial charge is 0.373 e. The van der Waals surface area contributed by atoms with Crippen LogP contribution in [-0.2, 0) is 10.2 Å². The van der Waals surface area contributed by atoms with Crippen molar-refractivity contribution in [2.45, 2.75) is 31.3 Å². The van der Waals surface area contributed by atoms with Gasteiger partial charge in [0.25, 0.3) is 0 Å². The first-order valence-electron chi connectivity index (χ1n) is 9.40. The molecule has 1 fully saturated rings. The number of ether oxygens (including phenoxy) is 1. The Balaban J connectivity index is 1.60. The van der Waals surface area contributed by atoms with Gasteiger partial charge in [0.2, 0.25) is 0 Å². The summed E-state index contributed by atoms with van der Waals surface area (Å²) in [7, 11) is 0. The van der Waals surface area contributed by atoms with Crippen molar-refractivity contribution in [2.24, 2.45) is 0 Å². The zero-order chi connectivity index (χ0) is 19.7. The monoisotopic (exact) mass is 421 g/mol. The molecular weight excluding hydrogens is 400 g/mol. The lowest BCUT2D eigenvalue weighted by Crippen LogP contribution is -2.43. The van der Waals surface area contributed by atoms with Crippen molar-refractivity contribution < 1.29 is 9.13 Å². The minimum atomic E-state index is -0.223. The first kappa shape index (κ1) is 19.6. The molecule has 1 aliphatic rings. The molecule has 0 bridgehead atoms. The normalized spacial score (nSPS) is 17.7. The predicted octanol–water partition coefficient (Wildman–Crippen LogP) is 5.41. The Morgan fingerprint density at radius 1 is 1.18 bits per heavy atom. The minimum Gasteiger partial charge on any atom is -0.373 e. The number of nitrogens with one attached hydrogen (secondary N) is 2. The van der Waals surface area contributed by atoms with E-state index in [4.69, 9.17) is 27.9 Å². The van der Waals surface area contributed by atoms with Crippen LogP contribution >= 0.6 is 23.2 Å². The van der Waals surface area contributed by atoms with Crippen LogP contribution in [0.1, 0.15) is 37.0 Å². The number of benzene rings is 2. The summed E-state index contributed by atoms with van der Waals surface area (Å²) in [6, 6.07) is 10.5. The molecule has 1 aliphatic heterocycles. The van der Waals surface area contributed by atoms with E-state index in [1.165, 1.54) is 12.1 Å².